The van der Waals surface area contributed by atoms with E-state index >= 15 is 0 Å². The zero-order valence-corrected chi connectivity index (χ0v) is 17.0. The number of rotatable bonds is 6. The Morgan fingerprint density at radius 2 is 2.00 bits per heavy atom. The standard InChI is InChI=1S/C19H18F3N7OS/c20-19(21,22)13-4-1-3-12(9-13)10-16(30)25-18-28-27-17(31-18)24-14-6-8-29(11-14)15-5-2-7-23-26-15/h1-5,7,9,14H,6,8,10-11H2,(H,24,27)(H,25,28,30)/t14-/m1/s1. The van der Waals surface area contributed by atoms with Gasteiger partial charge in [-0.25, -0.2) is 0 Å². The predicted molar refractivity (Wildman–Crippen MR) is 110 cm³/mol. The molecule has 2 N–H and O–H groups in total. The Labute approximate surface area is 179 Å². The SMILES string of the molecule is O=C(Cc1cccc(C(F)(F)F)c1)Nc1nnc(N[C@@H]2CCN(c3cccnn3)C2)s1. The van der Waals surface area contributed by atoms with Gasteiger partial charge in [0.1, 0.15) is 0 Å². The Morgan fingerprint density at radius 1 is 1.16 bits per heavy atom. The molecule has 1 aliphatic rings. The van der Waals surface area contributed by atoms with Gasteiger partial charge in [-0.3, -0.25) is 4.79 Å². The highest BCUT2D eigenvalue weighted by Gasteiger charge is 2.30. The van der Waals surface area contributed by atoms with E-state index in [-0.39, 0.29) is 23.2 Å². The summed E-state index contributed by atoms with van der Waals surface area (Å²) in [6.07, 6.45) is -2.13. The van der Waals surface area contributed by atoms with Crippen molar-refractivity contribution in [1.29, 1.82) is 0 Å². The molecule has 1 aliphatic heterocycles. The van der Waals surface area contributed by atoms with Crippen LogP contribution in [0.15, 0.2) is 42.6 Å². The third kappa shape index (κ3) is 5.45. The van der Waals surface area contributed by atoms with Crippen molar-refractivity contribution in [3.8, 4) is 0 Å². The van der Waals surface area contributed by atoms with E-state index in [0.29, 0.717) is 5.13 Å². The predicted octanol–water partition coefficient (Wildman–Crippen LogP) is 3.22. The van der Waals surface area contributed by atoms with Gasteiger partial charge in [0, 0.05) is 25.3 Å². The molecule has 1 atom stereocenters. The topological polar surface area (TPSA) is 95.9 Å². The van der Waals surface area contributed by atoms with Crippen LogP contribution in [0.3, 0.4) is 0 Å². The molecular formula is C19H18F3N7OS. The molecule has 1 aromatic carbocycles. The van der Waals surface area contributed by atoms with Gasteiger partial charge in [0.15, 0.2) is 5.82 Å². The highest BCUT2D eigenvalue weighted by Crippen LogP contribution is 2.30. The van der Waals surface area contributed by atoms with Crippen LogP contribution in [-0.4, -0.2) is 45.4 Å². The maximum absolute atomic E-state index is 12.8. The number of amides is 1. The Kier molecular flexibility index (Phi) is 5.98. The fourth-order valence-corrected chi connectivity index (χ4v) is 4.00. The Morgan fingerprint density at radius 3 is 2.77 bits per heavy atom. The molecule has 162 valence electrons. The molecule has 12 heteroatoms. The van der Waals surface area contributed by atoms with E-state index < -0.39 is 17.6 Å². The van der Waals surface area contributed by atoms with E-state index in [0.717, 1.165) is 37.5 Å². The fourth-order valence-electron chi connectivity index (χ4n) is 3.26. The van der Waals surface area contributed by atoms with E-state index in [1.807, 2.05) is 12.1 Å². The molecule has 1 amide bonds. The average molecular weight is 449 g/mol. The van der Waals surface area contributed by atoms with Crippen LogP contribution in [0.5, 0.6) is 0 Å². The second-order valence-corrected chi connectivity index (χ2v) is 7.97. The van der Waals surface area contributed by atoms with Crippen molar-refractivity contribution in [1.82, 2.24) is 20.4 Å². The molecule has 0 bridgehead atoms. The first kappa shape index (κ1) is 21.0. The second-order valence-electron chi connectivity index (χ2n) is 6.99. The van der Waals surface area contributed by atoms with Crippen molar-refractivity contribution in [2.45, 2.75) is 25.1 Å². The molecule has 0 unspecified atom stereocenters. The first-order valence-corrected chi connectivity index (χ1v) is 10.3. The van der Waals surface area contributed by atoms with Gasteiger partial charge in [-0.2, -0.15) is 18.3 Å². The number of hydrogen-bond acceptors (Lipinski definition) is 8. The van der Waals surface area contributed by atoms with Gasteiger partial charge in [0.05, 0.1) is 12.0 Å². The van der Waals surface area contributed by atoms with Crippen molar-refractivity contribution < 1.29 is 18.0 Å². The van der Waals surface area contributed by atoms with Crippen molar-refractivity contribution in [2.24, 2.45) is 0 Å². The van der Waals surface area contributed by atoms with Crippen molar-refractivity contribution in [3.63, 3.8) is 0 Å². The number of carbonyl (C=O) groups excluding carboxylic acids is 1. The molecular weight excluding hydrogens is 431 g/mol. The number of nitrogens with one attached hydrogen (secondary N) is 2. The van der Waals surface area contributed by atoms with E-state index in [4.69, 9.17) is 0 Å². The van der Waals surface area contributed by atoms with Crippen LogP contribution in [0.4, 0.5) is 29.3 Å². The average Bonchev–Trinajstić information content (AvgIpc) is 3.38. The summed E-state index contributed by atoms with van der Waals surface area (Å²) >= 11 is 1.17. The number of benzene rings is 1. The van der Waals surface area contributed by atoms with Gasteiger partial charge in [-0.15, -0.1) is 15.3 Å². The molecule has 0 saturated carbocycles. The monoisotopic (exact) mass is 449 g/mol. The fraction of sp³-hybridized carbons (Fsp3) is 0.316. The van der Waals surface area contributed by atoms with E-state index in [2.05, 4.69) is 35.9 Å². The first-order valence-electron chi connectivity index (χ1n) is 9.45. The van der Waals surface area contributed by atoms with Crippen LogP contribution >= 0.6 is 11.3 Å². The molecule has 1 saturated heterocycles. The smallest absolute Gasteiger partial charge is 0.355 e. The lowest BCUT2D eigenvalue weighted by Crippen LogP contribution is -2.26. The molecule has 2 aromatic heterocycles. The summed E-state index contributed by atoms with van der Waals surface area (Å²) < 4.78 is 38.4. The highest BCUT2D eigenvalue weighted by molar-refractivity contribution is 7.19. The summed E-state index contributed by atoms with van der Waals surface area (Å²) in [5.41, 5.74) is -0.516. The molecule has 3 aromatic rings. The second kappa shape index (κ2) is 8.84. The van der Waals surface area contributed by atoms with Crippen LogP contribution in [0.2, 0.25) is 0 Å². The normalized spacial score (nSPS) is 16.4. The van der Waals surface area contributed by atoms with Gasteiger partial charge in [-0.1, -0.05) is 29.5 Å². The Bertz CT molecular complexity index is 1040. The molecule has 3 heterocycles. The summed E-state index contributed by atoms with van der Waals surface area (Å²) in [7, 11) is 0. The molecule has 31 heavy (non-hydrogen) atoms. The van der Waals surface area contributed by atoms with Crippen LogP contribution in [-0.2, 0) is 17.4 Å². The molecule has 8 nitrogen and oxygen atoms in total. The largest absolute Gasteiger partial charge is 0.416 e. The summed E-state index contributed by atoms with van der Waals surface area (Å²) in [5, 5.41) is 22.7. The summed E-state index contributed by atoms with van der Waals surface area (Å²) in [5.74, 6) is 0.350. The maximum atomic E-state index is 12.8. The van der Waals surface area contributed by atoms with E-state index in [1.54, 1.807) is 6.20 Å². The zero-order chi connectivity index (χ0) is 21.8. The van der Waals surface area contributed by atoms with Crippen molar-refractivity contribution >= 4 is 33.3 Å². The minimum atomic E-state index is -4.45. The lowest BCUT2D eigenvalue weighted by molar-refractivity contribution is -0.137. The van der Waals surface area contributed by atoms with Gasteiger partial charge in [-0.05, 0) is 30.2 Å². The lowest BCUT2D eigenvalue weighted by atomic mass is 10.1. The minimum absolute atomic E-state index is 0.142. The highest BCUT2D eigenvalue weighted by atomic mass is 32.1. The summed E-state index contributed by atoms with van der Waals surface area (Å²) in [6.45, 7) is 1.56. The van der Waals surface area contributed by atoms with Gasteiger partial charge in [0.25, 0.3) is 0 Å². The summed E-state index contributed by atoms with van der Waals surface area (Å²) in [4.78, 5) is 14.3. The van der Waals surface area contributed by atoms with Crippen molar-refractivity contribution in [2.75, 3.05) is 28.6 Å². The third-order valence-electron chi connectivity index (χ3n) is 4.69. The number of hydrogen-bond donors (Lipinski definition) is 2. The molecule has 1 fully saturated rings. The first-order chi connectivity index (χ1) is 14.9. The number of alkyl halides is 3. The maximum Gasteiger partial charge on any atom is 0.416 e. The van der Waals surface area contributed by atoms with Crippen LogP contribution in [0, 0.1) is 0 Å². The van der Waals surface area contributed by atoms with Crippen LogP contribution < -0.4 is 15.5 Å². The number of anilines is 3. The Hall–Kier alpha value is -3.28. The van der Waals surface area contributed by atoms with Gasteiger partial charge < -0.3 is 15.5 Å². The molecule has 0 aliphatic carbocycles. The lowest BCUT2D eigenvalue weighted by Gasteiger charge is -2.16. The number of carbonyl (C=O) groups is 1. The number of halogens is 3. The van der Waals surface area contributed by atoms with E-state index in [9.17, 15) is 18.0 Å². The van der Waals surface area contributed by atoms with Gasteiger partial charge in [0.2, 0.25) is 16.2 Å². The minimum Gasteiger partial charge on any atom is -0.355 e. The number of nitrogens with zero attached hydrogens (tertiary/aromatic N) is 5. The Balaban J connectivity index is 1.30. The number of aromatic nitrogens is 4. The van der Waals surface area contributed by atoms with E-state index in [1.165, 1.54) is 23.5 Å². The quantitative estimate of drug-likeness (QED) is 0.597. The van der Waals surface area contributed by atoms with Crippen molar-refractivity contribution in [3.05, 3.63) is 53.7 Å². The molecule has 0 radical (unpaired) electrons. The van der Waals surface area contributed by atoms with Crippen LogP contribution in [0.25, 0.3) is 0 Å². The zero-order valence-electron chi connectivity index (χ0n) is 16.1. The van der Waals surface area contributed by atoms with Gasteiger partial charge >= 0.3 is 6.18 Å². The third-order valence-corrected chi connectivity index (χ3v) is 5.46. The summed E-state index contributed by atoms with van der Waals surface area (Å²) in [6, 6.07) is 8.58. The molecule has 4 rings (SSSR count). The molecule has 0 spiro atoms. The van der Waals surface area contributed by atoms with Crippen LogP contribution in [0.1, 0.15) is 17.5 Å².